The fourth-order valence-corrected chi connectivity index (χ4v) is 11.6. The lowest BCUT2D eigenvalue weighted by Gasteiger charge is -2.52. The summed E-state index contributed by atoms with van der Waals surface area (Å²) in [5.41, 5.74) is 3.38. The Morgan fingerprint density at radius 2 is 1.08 bits per heavy atom. The molecule has 2 aromatic rings. The second kappa shape index (κ2) is 12.4. The lowest BCUT2D eigenvalue weighted by molar-refractivity contribution is -0.445. The van der Waals surface area contributed by atoms with Crippen LogP contribution in [-0.4, -0.2) is 43.6 Å². The highest BCUT2D eigenvalue weighted by Crippen LogP contribution is 2.65. The first-order chi connectivity index (χ1) is 22.7. The third-order valence-electron chi connectivity index (χ3n) is 14.2. The van der Waals surface area contributed by atoms with Crippen molar-refractivity contribution < 1.29 is 25.3 Å². The molecule has 0 saturated heterocycles. The highest BCUT2D eigenvalue weighted by atomic mass is 16.6. The number of rotatable bonds is 0. The van der Waals surface area contributed by atoms with Gasteiger partial charge in [-0.2, -0.15) is 0 Å². The lowest BCUT2D eigenvalue weighted by atomic mass is 9.53. The topological polar surface area (TPSA) is 124 Å². The minimum atomic E-state index is -0.919. The highest BCUT2D eigenvalue weighted by Gasteiger charge is 2.62. The van der Waals surface area contributed by atoms with Crippen LogP contribution in [0.15, 0.2) is 36.4 Å². The van der Waals surface area contributed by atoms with Crippen LogP contribution < -0.4 is 0 Å². The molecule has 0 radical (unpaired) electrons. The number of terminal acetylenes is 2. The molecular weight excluding hydrogens is 602 g/mol. The Hall–Kier alpha value is -3.52. The Morgan fingerprint density at radius 3 is 1.44 bits per heavy atom. The molecule has 4 saturated carbocycles. The van der Waals surface area contributed by atoms with E-state index in [-0.39, 0.29) is 10.8 Å². The second-order valence-corrected chi connectivity index (χ2v) is 16.0. The van der Waals surface area contributed by atoms with Gasteiger partial charge in [0.05, 0.1) is 0 Å². The summed E-state index contributed by atoms with van der Waals surface area (Å²) in [5.74, 6) is 9.64. The van der Waals surface area contributed by atoms with Gasteiger partial charge in [0.25, 0.3) is 0 Å². The minimum Gasteiger partial charge on any atom is -0.508 e. The predicted molar refractivity (Wildman–Crippen MR) is 186 cm³/mol. The van der Waals surface area contributed by atoms with E-state index < -0.39 is 16.1 Å². The molecule has 48 heavy (non-hydrogen) atoms. The summed E-state index contributed by atoms with van der Waals surface area (Å²) >= 11 is 0. The summed E-state index contributed by atoms with van der Waals surface area (Å²) < 4.78 is 0. The van der Waals surface area contributed by atoms with Crippen molar-refractivity contribution in [1.29, 1.82) is 0 Å². The smallest absolute Gasteiger partial charge is 0.194 e. The summed E-state index contributed by atoms with van der Waals surface area (Å²) in [6.45, 7) is 4.43. The maximum atomic E-state index is 10.9. The average molecular weight is 654 g/mol. The normalized spacial score (nSPS) is 39.8. The Bertz CT molecular complexity index is 1540. The molecule has 0 spiro atoms. The summed E-state index contributed by atoms with van der Waals surface area (Å²) in [4.78, 5) is 8.31. The molecule has 6 aliphatic carbocycles. The number of fused-ring (bicyclic) bond motifs is 10. The SMILES string of the molecule is C#C[C@]1(O)CC[C@H]2[C@@H]3CCc4cc(O)ccc4[C@H]3CC[C@@]21C.C#C[C@]1(O)CC[C@H]2[C@@H]3CCc4cc(O)ccc4[C@H]3CC[C@@]21C.C[N+](=O)[O-]. The first kappa shape index (κ1) is 34.3. The van der Waals surface area contributed by atoms with Gasteiger partial charge in [-0.05, 0) is 159 Å². The molecule has 7 nitrogen and oxygen atoms in total. The number of aromatic hydroxyl groups is 2. The van der Waals surface area contributed by atoms with Crippen LogP contribution in [0, 0.1) is 69.3 Å². The Morgan fingerprint density at radius 1 is 0.708 bits per heavy atom. The van der Waals surface area contributed by atoms with Crippen LogP contribution >= 0.6 is 0 Å². The number of benzene rings is 2. The molecule has 6 aliphatic rings. The van der Waals surface area contributed by atoms with E-state index in [0.29, 0.717) is 47.0 Å². The number of hydrogen-bond donors (Lipinski definition) is 4. The van der Waals surface area contributed by atoms with Gasteiger partial charge in [0.1, 0.15) is 22.7 Å². The molecule has 4 N–H and O–H groups in total. The zero-order valence-electron chi connectivity index (χ0n) is 28.6. The van der Waals surface area contributed by atoms with E-state index >= 15 is 0 Å². The quantitative estimate of drug-likeness (QED) is 0.136. The number of aliphatic hydroxyl groups is 2. The molecule has 0 bridgehead atoms. The van der Waals surface area contributed by atoms with Gasteiger partial charge >= 0.3 is 0 Å². The number of phenols is 2. The van der Waals surface area contributed by atoms with Crippen LogP contribution in [0.2, 0.25) is 0 Å². The molecule has 0 aliphatic heterocycles. The van der Waals surface area contributed by atoms with Gasteiger partial charge in [-0.3, -0.25) is 10.1 Å². The third kappa shape index (κ3) is 5.39. The van der Waals surface area contributed by atoms with Gasteiger partial charge in [0.2, 0.25) is 0 Å². The van der Waals surface area contributed by atoms with Crippen LogP contribution in [0.25, 0.3) is 0 Å². The largest absolute Gasteiger partial charge is 0.508 e. The van der Waals surface area contributed by atoms with Gasteiger partial charge in [0.15, 0.2) is 7.05 Å². The van der Waals surface area contributed by atoms with Crippen LogP contribution in [0.5, 0.6) is 11.5 Å². The standard InChI is InChI=1S/2C20H24O2.CH3NO2/c2*1-3-20(22)11-9-18-17-6-4-13-12-14(21)5-7-15(13)16(17)8-10-19(18,20)2;1-2(3)4/h2*1,5,7,12,16-18,21-22H,4,6,8-11H2,2H3;1H3/t2*16-,17-,18+,19+,20+;/m11./s1. The Kier molecular flexibility index (Phi) is 8.89. The number of nitro groups is 1. The monoisotopic (exact) mass is 653 g/mol. The third-order valence-corrected chi connectivity index (χ3v) is 14.2. The van der Waals surface area contributed by atoms with E-state index in [9.17, 15) is 20.4 Å². The molecule has 8 rings (SSSR count). The van der Waals surface area contributed by atoms with Crippen molar-refractivity contribution in [2.24, 2.45) is 34.5 Å². The highest BCUT2D eigenvalue weighted by molar-refractivity contribution is 5.42. The minimum absolute atomic E-state index is 0.128. The van der Waals surface area contributed by atoms with Crippen LogP contribution in [-0.2, 0) is 12.8 Å². The van der Waals surface area contributed by atoms with Gasteiger partial charge in [-0.1, -0.05) is 37.8 Å². The van der Waals surface area contributed by atoms with E-state index in [1.807, 2.05) is 24.3 Å². The van der Waals surface area contributed by atoms with Crippen molar-refractivity contribution in [3.05, 3.63) is 68.8 Å². The number of nitrogens with zero attached hydrogens (tertiary/aromatic N) is 1. The fourth-order valence-electron chi connectivity index (χ4n) is 11.6. The molecule has 2 aromatic carbocycles. The molecule has 10 atom stereocenters. The van der Waals surface area contributed by atoms with Crippen LogP contribution in [0.1, 0.15) is 112 Å². The molecule has 0 heterocycles. The Labute approximate surface area is 285 Å². The summed E-state index contributed by atoms with van der Waals surface area (Å²) in [7, 11) is 0.889. The van der Waals surface area contributed by atoms with Crippen LogP contribution in [0.4, 0.5) is 0 Å². The van der Waals surface area contributed by atoms with Crippen LogP contribution in [0.3, 0.4) is 0 Å². The summed E-state index contributed by atoms with van der Waals surface area (Å²) in [6.07, 6.45) is 23.5. The molecular formula is C41H51NO6. The number of phenolic OH excluding ortho intramolecular Hbond substituents is 2. The maximum Gasteiger partial charge on any atom is 0.194 e. The Balaban J connectivity index is 0.000000151. The first-order valence-electron chi connectivity index (χ1n) is 17.8. The molecule has 256 valence electrons. The van der Waals surface area contributed by atoms with Gasteiger partial charge in [-0.25, -0.2) is 0 Å². The zero-order chi connectivity index (χ0) is 34.6. The summed E-state index contributed by atoms with van der Waals surface area (Å²) in [6, 6.07) is 11.7. The first-order valence-corrected chi connectivity index (χ1v) is 17.8. The maximum absolute atomic E-state index is 10.9. The van der Waals surface area contributed by atoms with E-state index in [1.54, 1.807) is 0 Å². The second-order valence-electron chi connectivity index (χ2n) is 16.0. The zero-order valence-corrected chi connectivity index (χ0v) is 28.6. The van der Waals surface area contributed by atoms with Gasteiger partial charge < -0.3 is 20.4 Å². The van der Waals surface area contributed by atoms with Crippen molar-refractivity contribution >= 4 is 0 Å². The number of hydrogen-bond acceptors (Lipinski definition) is 6. The van der Waals surface area contributed by atoms with Crippen molar-refractivity contribution in [2.45, 2.75) is 114 Å². The fraction of sp³-hybridized carbons (Fsp3) is 0.610. The van der Waals surface area contributed by atoms with Crippen molar-refractivity contribution in [3.8, 4) is 36.2 Å². The van der Waals surface area contributed by atoms with E-state index in [1.165, 1.54) is 22.3 Å². The van der Waals surface area contributed by atoms with Crippen molar-refractivity contribution in [2.75, 3.05) is 7.05 Å². The predicted octanol–water partition coefficient (Wildman–Crippen LogP) is 7.12. The van der Waals surface area contributed by atoms with Crippen molar-refractivity contribution in [3.63, 3.8) is 0 Å². The van der Waals surface area contributed by atoms with Crippen molar-refractivity contribution in [1.82, 2.24) is 0 Å². The molecule has 0 unspecified atom stereocenters. The summed E-state index contributed by atoms with van der Waals surface area (Å²) in [5, 5.41) is 50.1. The van der Waals surface area contributed by atoms with Gasteiger partial charge in [0, 0.05) is 15.8 Å². The van der Waals surface area contributed by atoms with E-state index in [4.69, 9.17) is 23.0 Å². The number of aryl methyl sites for hydroxylation is 2. The van der Waals surface area contributed by atoms with E-state index in [2.05, 4.69) is 37.8 Å². The lowest BCUT2D eigenvalue weighted by Crippen LogP contribution is -2.50. The van der Waals surface area contributed by atoms with Gasteiger partial charge in [-0.15, -0.1) is 12.8 Å². The molecule has 0 amide bonds. The molecule has 7 heteroatoms. The molecule has 0 aromatic heterocycles. The van der Waals surface area contributed by atoms with E-state index in [0.717, 1.165) is 84.1 Å². The molecule has 4 fully saturated rings. The average Bonchev–Trinajstić information content (AvgIpc) is 3.49.